The van der Waals surface area contributed by atoms with Crippen LogP contribution in [-0.4, -0.2) is 25.3 Å². The molecule has 0 rings (SSSR count). The van der Waals surface area contributed by atoms with Crippen LogP contribution in [0.15, 0.2) is 0 Å². The average Bonchev–Trinajstić information content (AvgIpc) is 1.59. The van der Waals surface area contributed by atoms with E-state index in [2.05, 4.69) is 5.43 Å². The topological polar surface area (TPSA) is 92.4 Å². The van der Waals surface area contributed by atoms with E-state index >= 15 is 0 Å². The largest absolute Gasteiger partial charge is 0.286 e. The summed E-state index contributed by atoms with van der Waals surface area (Å²) in [6, 6.07) is 0. The summed E-state index contributed by atoms with van der Waals surface area (Å²) in [7, 11) is -3.83. The van der Waals surface area contributed by atoms with Gasteiger partial charge in [0.2, 0.25) is 0 Å². The molecule has 0 fully saturated rings. The molecule has 5 nitrogen and oxygen atoms in total. The first-order valence-corrected chi connectivity index (χ1v) is 3.56. The maximum atomic E-state index is 9.85. The van der Waals surface area contributed by atoms with Gasteiger partial charge in [-0.05, 0) is 0 Å². The van der Waals surface area contributed by atoms with Gasteiger partial charge in [-0.3, -0.25) is 15.8 Å². The Morgan fingerprint density at radius 1 is 1.56 bits per heavy atom. The van der Waals surface area contributed by atoms with Crippen LogP contribution in [0, 0.1) is 0 Å². The summed E-state index contributed by atoms with van der Waals surface area (Å²) >= 11 is 0. The van der Waals surface area contributed by atoms with Crippen molar-refractivity contribution in [3.05, 3.63) is 0 Å². The fraction of sp³-hybridized carbons (Fsp3) is 1.00. The van der Waals surface area contributed by atoms with Crippen LogP contribution in [-0.2, 0) is 10.1 Å². The zero-order chi connectivity index (χ0) is 6.62. The van der Waals surface area contributed by atoms with Crippen molar-refractivity contribution in [2.24, 2.45) is 5.84 Å². The third-order valence-electron chi connectivity index (χ3n) is 0.504. The van der Waals surface area contributed by atoms with Crippen molar-refractivity contribution in [2.75, 3.05) is 12.3 Å². The number of hydrogen-bond acceptors (Lipinski definition) is 4. The van der Waals surface area contributed by atoms with Crippen LogP contribution in [0.2, 0.25) is 0 Å². The first-order chi connectivity index (χ1) is 3.56. The van der Waals surface area contributed by atoms with Crippen molar-refractivity contribution >= 4 is 10.1 Å². The Balaban J connectivity index is 0. The van der Waals surface area contributed by atoms with E-state index in [0.717, 1.165) is 0 Å². The van der Waals surface area contributed by atoms with Crippen molar-refractivity contribution < 1.29 is 13.0 Å². The summed E-state index contributed by atoms with van der Waals surface area (Å²) in [5, 5.41) is 0. The van der Waals surface area contributed by atoms with Crippen molar-refractivity contribution in [3.8, 4) is 0 Å². The Morgan fingerprint density at radius 3 is 2.11 bits per heavy atom. The van der Waals surface area contributed by atoms with E-state index in [9.17, 15) is 8.42 Å². The molecule has 0 aromatic carbocycles. The van der Waals surface area contributed by atoms with Gasteiger partial charge in [-0.1, -0.05) is 7.43 Å². The van der Waals surface area contributed by atoms with Crippen molar-refractivity contribution in [1.82, 2.24) is 5.43 Å². The second-order valence-corrected chi connectivity index (χ2v) is 2.81. The molecule has 0 amide bonds. The molecule has 0 atom stereocenters. The van der Waals surface area contributed by atoms with E-state index in [4.69, 9.17) is 10.4 Å². The molecule has 0 bridgehead atoms. The second-order valence-electron chi connectivity index (χ2n) is 1.24. The lowest BCUT2D eigenvalue weighted by molar-refractivity contribution is 0.481. The van der Waals surface area contributed by atoms with Gasteiger partial charge in [0.25, 0.3) is 10.1 Å². The fourth-order valence-electron chi connectivity index (χ4n) is 0.188. The highest BCUT2D eigenvalue weighted by Gasteiger charge is 2.00. The molecule has 0 saturated heterocycles. The zero-order valence-corrected chi connectivity index (χ0v) is 4.98. The van der Waals surface area contributed by atoms with E-state index in [1.165, 1.54) is 0 Å². The molecule has 0 aromatic rings. The maximum Gasteiger partial charge on any atom is 0.266 e. The van der Waals surface area contributed by atoms with Crippen molar-refractivity contribution in [2.45, 2.75) is 7.43 Å². The van der Waals surface area contributed by atoms with Crippen LogP contribution < -0.4 is 11.3 Å². The minimum absolute atomic E-state index is 0. The first-order valence-electron chi connectivity index (χ1n) is 1.95. The number of nitrogens with two attached hydrogens (primary N) is 1. The Hall–Kier alpha value is -0.170. The molecule has 0 aromatic heterocycles. The number of nitrogens with one attached hydrogen (secondary N) is 1. The highest BCUT2D eigenvalue weighted by Crippen LogP contribution is 1.75. The standard InChI is InChI=1S/C2H8N2O3S.CH4/c3-4-1-2-8(5,6)7;/h4H,1-3H2,(H,5,6,7);1H4. The molecule has 0 radical (unpaired) electrons. The minimum Gasteiger partial charge on any atom is -0.286 e. The predicted octanol–water partition coefficient (Wildman–Crippen LogP) is -1.03. The molecule has 4 N–H and O–H groups in total. The van der Waals surface area contributed by atoms with Crippen LogP contribution >= 0.6 is 0 Å². The van der Waals surface area contributed by atoms with Gasteiger partial charge in [0.15, 0.2) is 0 Å². The zero-order valence-electron chi connectivity index (χ0n) is 4.16. The number of hydrogen-bond donors (Lipinski definition) is 3. The van der Waals surface area contributed by atoms with Crippen molar-refractivity contribution in [1.29, 1.82) is 0 Å². The van der Waals surface area contributed by atoms with Gasteiger partial charge in [0, 0.05) is 6.54 Å². The molecule has 0 unspecified atom stereocenters. The summed E-state index contributed by atoms with van der Waals surface area (Å²) in [5.41, 5.74) is 2.09. The molecular formula is C3H12N2O3S. The molecule has 0 spiro atoms. The molecule has 0 aliphatic rings. The minimum atomic E-state index is -3.83. The smallest absolute Gasteiger partial charge is 0.266 e. The van der Waals surface area contributed by atoms with Crippen LogP contribution in [0.5, 0.6) is 0 Å². The van der Waals surface area contributed by atoms with E-state index in [1.807, 2.05) is 0 Å². The molecule has 9 heavy (non-hydrogen) atoms. The summed E-state index contributed by atoms with van der Waals surface area (Å²) in [5.74, 6) is 4.37. The Morgan fingerprint density at radius 2 is 2.00 bits per heavy atom. The van der Waals surface area contributed by atoms with Gasteiger partial charge in [0.05, 0.1) is 5.75 Å². The summed E-state index contributed by atoms with van der Waals surface area (Å²) in [6.07, 6.45) is 0. The summed E-state index contributed by atoms with van der Waals surface area (Å²) in [6.45, 7) is 0.0683. The second kappa shape index (κ2) is 4.68. The highest BCUT2D eigenvalue weighted by atomic mass is 32.2. The quantitative estimate of drug-likeness (QED) is 0.276. The average molecular weight is 156 g/mol. The predicted molar refractivity (Wildman–Crippen MR) is 35.3 cm³/mol. The Labute approximate surface area is 55.0 Å². The Kier molecular flexibility index (Phi) is 6.04. The third kappa shape index (κ3) is 11.4. The molecule has 0 aliphatic heterocycles. The number of hydrazine groups is 1. The van der Waals surface area contributed by atoms with E-state index < -0.39 is 10.1 Å². The fourth-order valence-corrected chi connectivity index (χ4v) is 0.564. The van der Waals surface area contributed by atoms with Gasteiger partial charge in [-0.2, -0.15) is 8.42 Å². The third-order valence-corrected chi connectivity index (χ3v) is 1.22. The molecule has 6 heteroatoms. The van der Waals surface area contributed by atoms with E-state index in [-0.39, 0.29) is 19.7 Å². The summed E-state index contributed by atoms with van der Waals surface area (Å²) < 4.78 is 27.7. The van der Waals surface area contributed by atoms with Gasteiger partial charge in [-0.25, -0.2) is 0 Å². The van der Waals surface area contributed by atoms with Crippen LogP contribution in [0.1, 0.15) is 7.43 Å². The molecule has 58 valence electrons. The normalized spacial score (nSPS) is 10.4. The summed E-state index contributed by atoms with van der Waals surface area (Å²) in [4.78, 5) is 0. The van der Waals surface area contributed by atoms with Gasteiger partial charge >= 0.3 is 0 Å². The molecular weight excluding hydrogens is 144 g/mol. The van der Waals surface area contributed by atoms with Gasteiger partial charge in [-0.15, -0.1) is 0 Å². The molecule has 0 saturated carbocycles. The maximum absolute atomic E-state index is 9.85. The van der Waals surface area contributed by atoms with Gasteiger partial charge in [0.1, 0.15) is 0 Å². The SMILES string of the molecule is C.NNCCS(=O)(=O)O. The first kappa shape index (κ1) is 11.6. The lowest BCUT2D eigenvalue weighted by Crippen LogP contribution is -2.28. The van der Waals surface area contributed by atoms with Crippen LogP contribution in [0.25, 0.3) is 0 Å². The van der Waals surface area contributed by atoms with Gasteiger partial charge < -0.3 is 0 Å². The van der Waals surface area contributed by atoms with E-state index in [0.29, 0.717) is 0 Å². The lowest BCUT2D eigenvalue weighted by atomic mass is 10.8. The molecule has 0 aliphatic carbocycles. The highest BCUT2D eigenvalue weighted by molar-refractivity contribution is 7.85. The lowest BCUT2D eigenvalue weighted by Gasteiger charge is -1.92. The van der Waals surface area contributed by atoms with E-state index in [1.54, 1.807) is 0 Å². The van der Waals surface area contributed by atoms with Crippen LogP contribution in [0.4, 0.5) is 0 Å². The number of rotatable bonds is 3. The van der Waals surface area contributed by atoms with Crippen molar-refractivity contribution in [3.63, 3.8) is 0 Å². The van der Waals surface area contributed by atoms with Crippen LogP contribution in [0.3, 0.4) is 0 Å². The molecule has 0 heterocycles. The monoisotopic (exact) mass is 156 g/mol. The Bertz CT molecular complexity index is 141.